The third-order valence-electron chi connectivity index (χ3n) is 4.97. The number of hydrogen-bond donors (Lipinski definition) is 1. The van der Waals surface area contributed by atoms with E-state index in [4.69, 9.17) is 32.4 Å². The van der Waals surface area contributed by atoms with Crippen molar-refractivity contribution in [2.75, 3.05) is 44.3 Å². The summed E-state index contributed by atoms with van der Waals surface area (Å²) in [6.07, 6.45) is 2.56. The zero-order valence-corrected chi connectivity index (χ0v) is 19.9. The van der Waals surface area contributed by atoms with Crippen molar-refractivity contribution in [2.45, 2.75) is 32.3 Å². The van der Waals surface area contributed by atoms with Crippen LogP contribution in [-0.2, 0) is 4.74 Å². The van der Waals surface area contributed by atoms with Crippen LogP contribution in [0.25, 0.3) is 0 Å². The SMILES string of the molecule is C1CCOC1.CC(C)(O)C#Cc1ccc(C(=O)N2CCN(c3ccc(Cl)c(Cl)c3)CC2)o1. The van der Waals surface area contributed by atoms with Crippen molar-refractivity contribution < 1.29 is 19.1 Å². The second kappa shape index (κ2) is 11.1. The van der Waals surface area contributed by atoms with Crippen molar-refractivity contribution >= 4 is 34.8 Å². The minimum absolute atomic E-state index is 0.167. The van der Waals surface area contributed by atoms with Crippen LogP contribution in [0.1, 0.15) is 43.0 Å². The number of anilines is 1. The molecule has 0 aliphatic carbocycles. The second-order valence-electron chi connectivity index (χ2n) is 8.17. The molecular weight excluding hydrogens is 451 g/mol. The van der Waals surface area contributed by atoms with Crippen LogP contribution in [0.4, 0.5) is 5.69 Å². The van der Waals surface area contributed by atoms with E-state index in [1.807, 2.05) is 12.1 Å². The Morgan fingerprint density at radius 3 is 2.28 bits per heavy atom. The molecule has 3 heterocycles. The number of rotatable bonds is 2. The summed E-state index contributed by atoms with van der Waals surface area (Å²) in [5.74, 6) is 5.83. The lowest BCUT2D eigenvalue weighted by Gasteiger charge is -2.35. The average molecular weight is 479 g/mol. The number of carbonyl (C=O) groups excluding carboxylic acids is 1. The van der Waals surface area contributed by atoms with Crippen LogP contribution in [0.3, 0.4) is 0 Å². The molecule has 0 unspecified atom stereocenters. The lowest BCUT2D eigenvalue weighted by Crippen LogP contribution is -2.48. The van der Waals surface area contributed by atoms with Crippen LogP contribution in [-0.4, -0.2) is 60.9 Å². The second-order valence-corrected chi connectivity index (χ2v) is 8.98. The van der Waals surface area contributed by atoms with Crippen LogP contribution in [0.5, 0.6) is 0 Å². The number of ether oxygens (including phenoxy) is 1. The lowest BCUT2D eigenvalue weighted by atomic mass is 10.1. The van der Waals surface area contributed by atoms with Crippen molar-refractivity contribution in [2.24, 2.45) is 0 Å². The predicted octanol–water partition coefficient (Wildman–Crippen LogP) is 4.47. The van der Waals surface area contributed by atoms with E-state index in [0.717, 1.165) is 18.9 Å². The fourth-order valence-electron chi connectivity index (χ4n) is 3.25. The number of halogens is 2. The molecule has 2 aliphatic heterocycles. The fourth-order valence-corrected chi connectivity index (χ4v) is 3.54. The highest BCUT2D eigenvalue weighted by Gasteiger charge is 2.24. The molecule has 172 valence electrons. The van der Waals surface area contributed by atoms with Crippen molar-refractivity contribution in [1.82, 2.24) is 4.90 Å². The van der Waals surface area contributed by atoms with Gasteiger partial charge in [0.05, 0.1) is 10.0 Å². The van der Waals surface area contributed by atoms with E-state index >= 15 is 0 Å². The molecule has 0 saturated carbocycles. The standard InChI is InChI=1S/C20H20Cl2N2O3.C4H8O/c1-20(2,26)8-7-15-4-6-18(27-15)19(25)24-11-9-23(10-12-24)14-3-5-16(21)17(22)13-14;1-2-4-5-3-1/h3-6,13,26H,9-12H2,1-2H3;1-4H2. The van der Waals surface area contributed by atoms with Gasteiger partial charge in [0.1, 0.15) is 5.60 Å². The maximum atomic E-state index is 12.6. The minimum atomic E-state index is -1.11. The van der Waals surface area contributed by atoms with Gasteiger partial charge in [-0.25, -0.2) is 0 Å². The molecule has 1 N–H and O–H groups in total. The summed E-state index contributed by atoms with van der Waals surface area (Å²) in [7, 11) is 0. The summed E-state index contributed by atoms with van der Waals surface area (Å²) in [5, 5.41) is 10.7. The van der Waals surface area contributed by atoms with Gasteiger partial charge in [-0.1, -0.05) is 29.1 Å². The Kier molecular flexibility index (Phi) is 8.50. The molecule has 6 nitrogen and oxygen atoms in total. The van der Waals surface area contributed by atoms with Gasteiger partial charge in [-0.2, -0.15) is 0 Å². The van der Waals surface area contributed by atoms with Gasteiger partial charge in [0, 0.05) is 45.1 Å². The van der Waals surface area contributed by atoms with Crippen molar-refractivity contribution in [3.8, 4) is 11.8 Å². The molecule has 1 amide bonds. The van der Waals surface area contributed by atoms with Crippen LogP contribution in [0.15, 0.2) is 34.7 Å². The number of benzene rings is 1. The molecule has 2 fully saturated rings. The summed E-state index contributed by atoms with van der Waals surface area (Å²) < 4.78 is 10.5. The molecule has 4 rings (SSSR count). The third-order valence-corrected chi connectivity index (χ3v) is 5.71. The predicted molar refractivity (Wildman–Crippen MR) is 127 cm³/mol. The van der Waals surface area contributed by atoms with Crippen molar-refractivity contribution in [3.05, 3.63) is 51.9 Å². The molecule has 1 aromatic carbocycles. The first kappa shape index (κ1) is 24.5. The third kappa shape index (κ3) is 7.18. The number of hydrogen-bond acceptors (Lipinski definition) is 5. The van der Waals surface area contributed by atoms with E-state index in [1.54, 1.807) is 36.9 Å². The smallest absolute Gasteiger partial charge is 0.289 e. The van der Waals surface area contributed by atoms with E-state index in [0.29, 0.717) is 42.0 Å². The highest BCUT2D eigenvalue weighted by molar-refractivity contribution is 6.42. The zero-order chi connectivity index (χ0) is 23.1. The van der Waals surface area contributed by atoms with Crippen LogP contribution in [0, 0.1) is 11.8 Å². The monoisotopic (exact) mass is 478 g/mol. The van der Waals surface area contributed by atoms with Gasteiger partial charge >= 0.3 is 0 Å². The Hall–Kier alpha value is -2.17. The van der Waals surface area contributed by atoms with Gasteiger partial charge in [0.2, 0.25) is 0 Å². The number of aliphatic hydroxyl groups is 1. The molecule has 0 spiro atoms. The Morgan fingerprint density at radius 1 is 1.03 bits per heavy atom. The van der Waals surface area contributed by atoms with Crippen LogP contribution >= 0.6 is 23.2 Å². The molecule has 8 heteroatoms. The van der Waals surface area contributed by atoms with Crippen molar-refractivity contribution in [3.63, 3.8) is 0 Å². The first-order valence-corrected chi connectivity index (χ1v) is 11.4. The average Bonchev–Trinajstić information content (AvgIpc) is 3.49. The van der Waals surface area contributed by atoms with E-state index in [2.05, 4.69) is 16.7 Å². The highest BCUT2D eigenvalue weighted by Crippen LogP contribution is 2.28. The first-order valence-electron chi connectivity index (χ1n) is 10.7. The van der Waals surface area contributed by atoms with Gasteiger partial charge in [-0.3, -0.25) is 4.79 Å². The molecule has 2 aromatic rings. The van der Waals surface area contributed by atoms with Gasteiger partial charge in [0.15, 0.2) is 11.5 Å². The molecular formula is C24H28Cl2N2O4. The Labute approximate surface area is 199 Å². The quantitative estimate of drug-likeness (QED) is 0.644. The Bertz CT molecular complexity index is 968. The van der Waals surface area contributed by atoms with Gasteiger partial charge < -0.3 is 24.1 Å². The fraction of sp³-hybridized carbons (Fsp3) is 0.458. The number of carbonyl (C=O) groups is 1. The maximum absolute atomic E-state index is 12.6. The van der Waals surface area contributed by atoms with E-state index in [-0.39, 0.29) is 11.7 Å². The van der Waals surface area contributed by atoms with E-state index in [9.17, 15) is 9.90 Å². The number of nitrogens with zero attached hydrogens (tertiary/aromatic N) is 2. The lowest BCUT2D eigenvalue weighted by molar-refractivity contribution is 0.0714. The number of furan rings is 1. The topological polar surface area (TPSA) is 66.2 Å². The number of amides is 1. The molecule has 32 heavy (non-hydrogen) atoms. The van der Waals surface area contributed by atoms with Gasteiger partial charge in [-0.05, 0) is 62.9 Å². The van der Waals surface area contributed by atoms with Crippen LogP contribution < -0.4 is 4.90 Å². The summed E-state index contributed by atoms with van der Waals surface area (Å²) in [5.41, 5.74) is -0.128. The van der Waals surface area contributed by atoms with Gasteiger partial charge in [0.25, 0.3) is 5.91 Å². The molecule has 0 radical (unpaired) electrons. The molecule has 0 atom stereocenters. The molecule has 1 aromatic heterocycles. The zero-order valence-electron chi connectivity index (χ0n) is 18.4. The summed E-state index contributed by atoms with van der Waals surface area (Å²) >= 11 is 12.1. The van der Waals surface area contributed by atoms with E-state index < -0.39 is 5.60 Å². The minimum Gasteiger partial charge on any atom is -0.443 e. The van der Waals surface area contributed by atoms with Gasteiger partial charge in [-0.15, -0.1) is 0 Å². The highest BCUT2D eigenvalue weighted by atomic mass is 35.5. The van der Waals surface area contributed by atoms with E-state index in [1.165, 1.54) is 12.8 Å². The van der Waals surface area contributed by atoms with Crippen LogP contribution in [0.2, 0.25) is 10.0 Å². The normalized spacial score (nSPS) is 16.2. The Morgan fingerprint density at radius 2 is 1.72 bits per heavy atom. The van der Waals surface area contributed by atoms with Crippen molar-refractivity contribution in [1.29, 1.82) is 0 Å². The summed E-state index contributed by atoms with van der Waals surface area (Å²) in [6, 6.07) is 8.78. The first-order chi connectivity index (χ1) is 15.2. The summed E-state index contributed by atoms with van der Waals surface area (Å²) in [6.45, 7) is 7.70. The number of piperazine rings is 1. The maximum Gasteiger partial charge on any atom is 0.289 e. The molecule has 2 saturated heterocycles. The molecule has 2 aliphatic rings. The summed E-state index contributed by atoms with van der Waals surface area (Å²) in [4.78, 5) is 16.5. The largest absolute Gasteiger partial charge is 0.443 e. The molecule has 0 bridgehead atoms. The Balaban J connectivity index is 0.000000509.